The fraction of sp³-hybridized carbons (Fsp3) is 0.353. The molecule has 0 spiro atoms. The molecular weight excluding hydrogens is 327 g/mol. The van der Waals surface area contributed by atoms with Gasteiger partial charge in [-0.05, 0) is 18.6 Å². The van der Waals surface area contributed by atoms with E-state index in [4.69, 9.17) is 4.74 Å². The van der Waals surface area contributed by atoms with Crippen molar-refractivity contribution in [3.63, 3.8) is 0 Å². The van der Waals surface area contributed by atoms with E-state index in [9.17, 15) is 14.0 Å². The monoisotopic (exact) mass is 346 g/mol. The maximum Gasteiger partial charge on any atom is 0.258 e. The van der Waals surface area contributed by atoms with E-state index in [2.05, 4.69) is 15.6 Å². The molecule has 1 aromatic carbocycles. The van der Waals surface area contributed by atoms with E-state index in [0.717, 1.165) is 0 Å². The molecule has 2 atom stereocenters. The van der Waals surface area contributed by atoms with Gasteiger partial charge in [0, 0.05) is 25.9 Å². The molecule has 25 heavy (non-hydrogen) atoms. The number of aromatic nitrogens is 2. The molecule has 1 saturated heterocycles. The number of halogens is 1. The predicted octanol–water partition coefficient (Wildman–Crippen LogP) is 1.07. The normalized spacial score (nSPS) is 20.0. The Bertz CT molecular complexity index is 777. The Balaban J connectivity index is 1.63. The van der Waals surface area contributed by atoms with Crippen LogP contribution in [0.5, 0.6) is 5.75 Å². The molecule has 0 radical (unpaired) electrons. The van der Waals surface area contributed by atoms with Crippen LogP contribution in [0.4, 0.5) is 4.39 Å². The first-order valence-corrected chi connectivity index (χ1v) is 7.98. The molecular formula is C17H19FN4O3. The van der Waals surface area contributed by atoms with E-state index in [0.29, 0.717) is 18.7 Å². The minimum absolute atomic E-state index is 0.0234. The Morgan fingerprint density at radius 2 is 2.28 bits per heavy atom. The average Bonchev–Trinajstić information content (AvgIpc) is 3.01. The Morgan fingerprint density at radius 3 is 3.00 bits per heavy atom. The van der Waals surface area contributed by atoms with Gasteiger partial charge in [0.15, 0.2) is 18.2 Å². The molecule has 2 N–H and O–H groups in total. The molecule has 1 fully saturated rings. The number of aryl methyl sites for hydroxylation is 1. The second-order valence-corrected chi connectivity index (χ2v) is 5.87. The number of para-hydroxylation sites is 1. The van der Waals surface area contributed by atoms with Gasteiger partial charge in [-0.1, -0.05) is 12.1 Å². The van der Waals surface area contributed by atoms with Crippen molar-refractivity contribution < 1.29 is 18.7 Å². The van der Waals surface area contributed by atoms with Gasteiger partial charge in [-0.2, -0.15) is 0 Å². The summed E-state index contributed by atoms with van der Waals surface area (Å²) in [6, 6.07) is 5.17. The summed E-state index contributed by atoms with van der Waals surface area (Å²) in [5, 5.41) is 5.70. The van der Waals surface area contributed by atoms with E-state index in [1.54, 1.807) is 29.1 Å². The highest BCUT2D eigenvalue weighted by Gasteiger charge is 2.33. The van der Waals surface area contributed by atoms with Gasteiger partial charge in [-0.3, -0.25) is 9.59 Å². The lowest BCUT2D eigenvalue weighted by Crippen LogP contribution is -2.51. The molecule has 2 aromatic rings. The third-order valence-corrected chi connectivity index (χ3v) is 4.08. The van der Waals surface area contributed by atoms with Crippen LogP contribution in [0.1, 0.15) is 24.7 Å². The fourth-order valence-electron chi connectivity index (χ4n) is 2.83. The number of nitrogens with one attached hydrogen (secondary N) is 2. The van der Waals surface area contributed by atoms with Crippen LogP contribution in [0.15, 0.2) is 36.7 Å². The van der Waals surface area contributed by atoms with E-state index in [1.807, 2.05) is 7.05 Å². The van der Waals surface area contributed by atoms with Gasteiger partial charge < -0.3 is 19.9 Å². The third-order valence-electron chi connectivity index (χ3n) is 4.08. The summed E-state index contributed by atoms with van der Waals surface area (Å²) in [5.41, 5.74) is 0. The average molecular weight is 346 g/mol. The minimum atomic E-state index is -0.522. The lowest BCUT2D eigenvalue weighted by molar-refractivity contribution is -0.128. The lowest BCUT2D eigenvalue weighted by atomic mass is 9.97. The maximum absolute atomic E-state index is 13.5. The maximum atomic E-state index is 13.5. The van der Waals surface area contributed by atoms with E-state index < -0.39 is 11.9 Å². The Morgan fingerprint density at radius 1 is 1.48 bits per heavy atom. The highest BCUT2D eigenvalue weighted by atomic mass is 19.1. The summed E-state index contributed by atoms with van der Waals surface area (Å²) in [7, 11) is 1.82. The minimum Gasteiger partial charge on any atom is -0.481 e. The summed E-state index contributed by atoms with van der Waals surface area (Å²) in [5.74, 6) is -0.306. The Hall–Kier alpha value is -2.90. The molecule has 0 bridgehead atoms. The summed E-state index contributed by atoms with van der Waals surface area (Å²) >= 11 is 0. The van der Waals surface area contributed by atoms with Crippen molar-refractivity contribution in [3.05, 3.63) is 48.3 Å². The second kappa shape index (κ2) is 7.33. The molecule has 7 nitrogen and oxygen atoms in total. The van der Waals surface area contributed by atoms with Gasteiger partial charge in [0.2, 0.25) is 5.91 Å². The van der Waals surface area contributed by atoms with Crippen LogP contribution in [0.25, 0.3) is 0 Å². The number of benzene rings is 1. The van der Waals surface area contributed by atoms with Crippen molar-refractivity contribution in [2.45, 2.75) is 24.9 Å². The number of imidazole rings is 1. The number of hydrogen-bond acceptors (Lipinski definition) is 4. The van der Waals surface area contributed by atoms with Crippen LogP contribution in [-0.4, -0.2) is 34.0 Å². The number of rotatable bonds is 5. The first-order chi connectivity index (χ1) is 12.0. The smallest absolute Gasteiger partial charge is 0.258 e. The van der Waals surface area contributed by atoms with Crippen LogP contribution >= 0.6 is 0 Å². The zero-order chi connectivity index (χ0) is 17.8. The molecule has 2 heterocycles. The van der Waals surface area contributed by atoms with Crippen molar-refractivity contribution in [1.82, 2.24) is 20.2 Å². The summed E-state index contributed by atoms with van der Waals surface area (Å²) in [4.78, 5) is 28.2. The van der Waals surface area contributed by atoms with Crippen LogP contribution in [0.3, 0.4) is 0 Å². The molecule has 1 aromatic heterocycles. The standard InChI is InChI=1S/C17H19FN4O3/c1-22-9-8-19-17(22)16-12(6-7-14(23)21-16)20-15(24)10-25-13-5-3-2-4-11(13)18/h2-5,8-9,12,16H,6-7,10H2,1H3,(H,20,24)(H,21,23)/t12-,16-/m1/s1. The van der Waals surface area contributed by atoms with Gasteiger partial charge in [0.1, 0.15) is 11.9 Å². The molecule has 132 valence electrons. The van der Waals surface area contributed by atoms with Crippen LogP contribution in [0, 0.1) is 5.82 Å². The number of carbonyl (C=O) groups excluding carboxylic acids is 2. The largest absolute Gasteiger partial charge is 0.481 e. The summed E-state index contributed by atoms with van der Waals surface area (Å²) in [6.07, 6.45) is 4.22. The first-order valence-electron chi connectivity index (χ1n) is 7.98. The summed E-state index contributed by atoms with van der Waals surface area (Å²) in [6.45, 7) is -0.307. The third kappa shape index (κ3) is 3.96. The van der Waals surface area contributed by atoms with Crippen molar-refractivity contribution in [3.8, 4) is 5.75 Å². The van der Waals surface area contributed by atoms with Crippen molar-refractivity contribution in [1.29, 1.82) is 0 Å². The van der Waals surface area contributed by atoms with E-state index >= 15 is 0 Å². The lowest BCUT2D eigenvalue weighted by Gasteiger charge is -2.32. The number of carbonyl (C=O) groups is 2. The molecule has 0 aliphatic carbocycles. The van der Waals surface area contributed by atoms with Gasteiger partial charge in [0.05, 0.1) is 6.04 Å². The highest BCUT2D eigenvalue weighted by molar-refractivity contribution is 5.80. The molecule has 8 heteroatoms. The van der Waals surface area contributed by atoms with Crippen LogP contribution in [0.2, 0.25) is 0 Å². The topological polar surface area (TPSA) is 85.3 Å². The fourth-order valence-corrected chi connectivity index (χ4v) is 2.83. The predicted molar refractivity (Wildman–Crippen MR) is 87.2 cm³/mol. The van der Waals surface area contributed by atoms with E-state index in [-0.39, 0.29) is 30.2 Å². The van der Waals surface area contributed by atoms with Gasteiger partial charge in [-0.15, -0.1) is 0 Å². The quantitative estimate of drug-likeness (QED) is 0.848. The molecule has 0 saturated carbocycles. The molecule has 3 rings (SSSR count). The highest BCUT2D eigenvalue weighted by Crippen LogP contribution is 2.23. The SMILES string of the molecule is Cn1ccnc1[C@@H]1NC(=O)CC[C@H]1NC(=O)COc1ccccc1F. The van der Waals surface area contributed by atoms with E-state index in [1.165, 1.54) is 12.1 Å². The van der Waals surface area contributed by atoms with Gasteiger partial charge in [0.25, 0.3) is 5.91 Å². The molecule has 2 amide bonds. The number of amides is 2. The number of nitrogens with zero attached hydrogens (tertiary/aromatic N) is 2. The van der Waals surface area contributed by atoms with Crippen LogP contribution < -0.4 is 15.4 Å². The molecule has 1 aliphatic heterocycles. The van der Waals surface area contributed by atoms with Crippen molar-refractivity contribution >= 4 is 11.8 Å². The zero-order valence-corrected chi connectivity index (χ0v) is 13.7. The van der Waals surface area contributed by atoms with Crippen molar-refractivity contribution in [2.75, 3.05) is 6.61 Å². The summed E-state index contributed by atoms with van der Waals surface area (Å²) < 4.78 is 20.5. The van der Waals surface area contributed by atoms with Crippen molar-refractivity contribution in [2.24, 2.45) is 7.05 Å². The number of hydrogen-bond donors (Lipinski definition) is 2. The van der Waals surface area contributed by atoms with Crippen LogP contribution in [-0.2, 0) is 16.6 Å². The Kier molecular flexibility index (Phi) is 4.97. The molecule has 0 unspecified atom stereocenters. The molecule has 1 aliphatic rings. The number of ether oxygens (including phenoxy) is 1. The Labute approximate surface area is 144 Å². The van der Waals surface area contributed by atoms with Gasteiger partial charge in [-0.25, -0.2) is 9.37 Å². The zero-order valence-electron chi connectivity index (χ0n) is 13.7. The first kappa shape index (κ1) is 16.9. The second-order valence-electron chi connectivity index (χ2n) is 5.87. The van der Waals surface area contributed by atoms with Gasteiger partial charge >= 0.3 is 0 Å². The number of piperidine rings is 1.